The Balaban J connectivity index is 1.89. The Kier molecular flexibility index (Phi) is 1.64. The predicted molar refractivity (Wildman–Crippen MR) is 42.1 cm³/mol. The highest BCUT2D eigenvalue weighted by atomic mass is 16.5. The molecule has 2 heteroatoms. The first-order valence-electron chi connectivity index (χ1n) is 4.30. The molecule has 1 aliphatic heterocycles. The summed E-state index contributed by atoms with van der Waals surface area (Å²) >= 11 is 0. The zero-order valence-electron chi connectivity index (χ0n) is 6.68. The normalized spacial score (nSPS) is 27.2. The van der Waals surface area contributed by atoms with E-state index in [4.69, 9.17) is 4.74 Å². The lowest BCUT2D eigenvalue weighted by atomic mass is 10.0. The van der Waals surface area contributed by atoms with Crippen LogP contribution in [0.1, 0.15) is 32.1 Å². The maximum atomic E-state index is 9.58. The molecule has 0 aromatic rings. The van der Waals surface area contributed by atoms with Gasteiger partial charge in [0.2, 0.25) is 0 Å². The third-order valence-corrected chi connectivity index (χ3v) is 2.39. The summed E-state index contributed by atoms with van der Waals surface area (Å²) in [6, 6.07) is 0. The molecular weight excluding hydrogens is 140 g/mol. The molecule has 1 saturated carbocycles. The topological polar surface area (TPSA) is 29.5 Å². The minimum absolute atomic E-state index is 0.341. The number of aliphatic hydroxyl groups is 1. The molecule has 0 bridgehead atoms. The third kappa shape index (κ3) is 1.74. The molecule has 11 heavy (non-hydrogen) atoms. The van der Waals surface area contributed by atoms with Crippen LogP contribution in [0.2, 0.25) is 0 Å². The summed E-state index contributed by atoms with van der Waals surface area (Å²) in [5.41, 5.74) is 0.947. The first kappa shape index (κ1) is 7.17. The smallest absolute Gasteiger partial charge is 0.0876 e. The fourth-order valence-electron chi connectivity index (χ4n) is 1.49. The number of hydrogen-bond acceptors (Lipinski definition) is 2. The molecule has 0 radical (unpaired) electrons. The summed E-state index contributed by atoms with van der Waals surface area (Å²) in [5.74, 6) is 0. The molecule has 62 valence electrons. The number of hydrogen-bond donors (Lipinski definition) is 1. The lowest BCUT2D eigenvalue weighted by Crippen LogP contribution is -2.10. The maximum absolute atomic E-state index is 9.58. The van der Waals surface area contributed by atoms with Crippen LogP contribution < -0.4 is 0 Å². The molecule has 0 saturated heterocycles. The Hall–Kier alpha value is -0.500. The van der Waals surface area contributed by atoms with Crippen LogP contribution in [0.15, 0.2) is 11.8 Å². The van der Waals surface area contributed by atoms with Gasteiger partial charge in [-0.2, -0.15) is 0 Å². The van der Waals surface area contributed by atoms with Gasteiger partial charge < -0.3 is 9.84 Å². The minimum atomic E-state index is -0.341. The fourth-order valence-corrected chi connectivity index (χ4v) is 1.49. The molecule has 0 atom stereocenters. The van der Waals surface area contributed by atoms with Gasteiger partial charge >= 0.3 is 0 Å². The van der Waals surface area contributed by atoms with Crippen molar-refractivity contribution in [3.8, 4) is 0 Å². The van der Waals surface area contributed by atoms with Gasteiger partial charge in [0.25, 0.3) is 0 Å². The van der Waals surface area contributed by atoms with Crippen molar-refractivity contribution in [1.82, 2.24) is 0 Å². The van der Waals surface area contributed by atoms with Gasteiger partial charge in [0.15, 0.2) is 0 Å². The predicted octanol–water partition coefficient (Wildman–Crippen LogP) is 1.60. The van der Waals surface area contributed by atoms with Crippen molar-refractivity contribution in [2.75, 3.05) is 6.61 Å². The first-order valence-corrected chi connectivity index (χ1v) is 4.30. The quantitative estimate of drug-likeness (QED) is 0.654. The van der Waals surface area contributed by atoms with Crippen LogP contribution in [0.3, 0.4) is 0 Å². The second-order valence-corrected chi connectivity index (χ2v) is 3.65. The Morgan fingerprint density at radius 1 is 1.55 bits per heavy atom. The van der Waals surface area contributed by atoms with Crippen LogP contribution in [-0.4, -0.2) is 17.3 Å². The minimum Gasteiger partial charge on any atom is -0.501 e. The third-order valence-electron chi connectivity index (χ3n) is 2.39. The highest BCUT2D eigenvalue weighted by molar-refractivity contribution is 5.10. The number of rotatable bonds is 2. The molecule has 0 aromatic heterocycles. The average molecular weight is 154 g/mol. The molecule has 0 aromatic carbocycles. The summed E-state index contributed by atoms with van der Waals surface area (Å²) < 4.78 is 5.18. The van der Waals surface area contributed by atoms with E-state index in [0.29, 0.717) is 0 Å². The highest BCUT2D eigenvalue weighted by Crippen LogP contribution is 2.41. The van der Waals surface area contributed by atoms with Crippen LogP contribution in [0.4, 0.5) is 0 Å². The molecular formula is C9H14O2. The zero-order valence-corrected chi connectivity index (χ0v) is 6.68. The maximum Gasteiger partial charge on any atom is 0.0876 e. The summed E-state index contributed by atoms with van der Waals surface area (Å²) in [6.45, 7) is 0.849. The van der Waals surface area contributed by atoms with Crippen molar-refractivity contribution in [1.29, 1.82) is 0 Å². The van der Waals surface area contributed by atoms with E-state index in [1.54, 1.807) is 0 Å². The Bertz CT molecular complexity index is 180. The van der Waals surface area contributed by atoms with Crippen LogP contribution >= 0.6 is 0 Å². The van der Waals surface area contributed by atoms with E-state index in [2.05, 4.69) is 0 Å². The molecule has 0 amide bonds. The van der Waals surface area contributed by atoms with E-state index in [0.717, 1.165) is 38.7 Å². The van der Waals surface area contributed by atoms with Crippen LogP contribution in [0, 0.1) is 0 Å². The summed E-state index contributed by atoms with van der Waals surface area (Å²) in [7, 11) is 0. The van der Waals surface area contributed by atoms with E-state index < -0.39 is 0 Å². The Morgan fingerprint density at radius 3 is 2.91 bits per heavy atom. The van der Waals surface area contributed by atoms with Crippen molar-refractivity contribution in [3.63, 3.8) is 0 Å². The molecule has 0 spiro atoms. The monoisotopic (exact) mass is 154 g/mol. The Labute approximate surface area is 66.9 Å². The Morgan fingerprint density at radius 2 is 2.36 bits per heavy atom. The molecule has 1 heterocycles. The van der Waals surface area contributed by atoms with E-state index in [1.165, 1.54) is 5.57 Å². The second-order valence-electron chi connectivity index (χ2n) is 3.65. The second kappa shape index (κ2) is 2.52. The highest BCUT2D eigenvalue weighted by Gasteiger charge is 2.40. The average Bonchev–Trinajstić information content (AvgIpc) is 2.70. The van der Waals surface area contributed by atoms with Crippen molar-refractivity contribution in [3.05, 3.63) is 11.8 Å². The van der Waals surface area contributed by atoms with Gasteiger partial charge in [0.1, 0.15) is 0 Å². The summed E-state index contributed by atoms with van der Waals surface area (Å²) in [4.78, 5) is 0. The van der Waals surface area contributed by atoms with Gasteiger partial charge in [-0.25, -0.2) is 0 Å². The van der Waals surface area contributed by atoms with E-state index >= 15 is 0 Å². The van der Waals surface area contributed by atoms with E-state index in [9.17, 15) is 5.11 Å². The standard InChI is InChI=1S/C9H14O2/c10-9(3-4-9)6-8-2-1-5-11-7-8/h7,10H,1-6H2. The van der Waals surface area contributed by atoms with Gasteiger partial charge in [0, 0.05) is 6.42 Å². The molecule has 1 fully saturated rings. The van der Waals surface area contributed by atoms with Crippen molar-refractivity contribution in [2.45, 2.75) is 37.7 Å². The van der Waals surface area contributed by atoms with Crippen LogP contribution in [-0.2, 0) is 4.74 Å². The van der Waals surface area contributed by atoms with Gasteiger partial charge in [-0.3, -0.25) is 0 Å². The van der Waals surface area contributed by atoms with Crippen molar-refractivity contribution in [2.24, 2.45) is 0 Å². The summed E-state index contributed by atoms with van der Waals surface area (Å²) in [5, 5.41) is 9.58. The molecule has 0 unspecified atom stereocenters. The molecule has 2 nitrogen and oxygen atoms in total. The zero-order chi connectivity index (χ0) is 7.73. The molecule has 1 N–H and O–H groups in total. The lowest BCUT2D eigenvalue weighted by Gasteiger charge is -2.15. The molecule has 1 aliphatic carbocycles. The first-order chi connectivity index (χ1) is 5.29. The van der Waals surface area contributed by atoms with Gasteiger partial charge in [-0.05, 0) is 31.3 Å². The van der Waals surface area contributed by atoms with Crippen molar-refractivity contribution >= 4 is 0 Å². The van der Waals surface area contributed by atoms with E-state index in [-0.39, 0.29) is 5.60 Å². The fraction of sp³-hybridized carbons (Fsp3) is 0.778. The SMILES string of the molecule is OC1(CC2=COCCC2)CC1. The summed E-state index contributed by atoms with van der Waals surface area (Å²) in [6.07, 6.45) is 6.85. The van der Waals surface area contributed by atoms with E-state index in [1.807, 2.05) is 6.26 Å². The largest absolute Gasteiger partial charge is 0.501 e. The van der Waals surface area contributed by atoms with Gasteiger partial charge in [-0.1, -0.05) is 0 Å². The molecule has 2 aliphatic rings. The lowest BCUT2D eigenvalue weighted by molar-refractivity contribution is 0.142. The molecule has 2 rings (SSSR count). The number of ether oxygens (including phenoxy) is 1. The van der Waals surface area contributed by atoms with Crippen LogP contribution in [0.5, 0.6) is 0 Å². The van der Waals surface area contributed by atoms with Crippen LogP contribution in [0.25, 0.3) is 0 Å². The van der Waals surface area contributed by atoms with Crippen molar-refractivity contribution < 1.29 is 9.84 Å². The van der Waals surface area contributed by atoms with Gasteiger partial charge in [-0.15, -0.1) is 0 Å². The van der Waals surface area contributed by atoms with Gasteiger partial charge in [0.05, 0.1) is 18.5 Å².